The summed E-state index contributed by atoms with van der Waals surface area (Å²) in [6, 6.07) is 10.9. The first kappa shape index (κ1) is 15.1. The molecule has 3 nitrogen and oxygen atoms in total. The molecule has 1 aromatic rings. The Morgan fingerprint density at radius 1 is 1.26 bits per heavy atom. The average Bonchev–Trinajstić information content (AvgIpc) is 2.62. The van der Waals surface area contributed by atoms with Gasteiger partial charge in [-0.05, 0) is 6.92 Å². The highest BCUT2D eigenvalue weighted by Crippen LogP contribution is 2.44. The van der Waals surface area contributed by atoms with Crippen molar-refractivity contribution in [3.63, 3.8) is 0 Å². The lowest BCUT2D eigenvalue weighted by Crippen LogP contribution is -2.57. The van der Waals surface area contributed by atoms with Gasteiger partial charge in [-0.15, -0.1) is 0 Å². The van der Waals surface area contributed by atoms with Gasteiger partial charge < -0.3 is 9.05 Å². The zero-order valence-electron chi connectivity index (χ0n) is 11.8. The van der Waals surface area contributed by atoms with Crippen LogP contribution in [0, 0.1) is 0 Å². The van der Waals surface area contributed by atoms with Gasteiger partial charge in [0.05, 0.1) is 6.04 Å². The number of nitrogens with zero attached hydrogens (tertiary/aromatic N) is 2. The molecule has 19 heavy (non-hydrogen) atoms. The van der Waals surface area contributed by atoms with Crippen molar-refractivity contribution in [3.05, 3.63) is 35.9 Å². The Hall–Kier alpha value is -0.325. The van der Waals surface area contributed by atoms with E-state index in [2.05, 4.69) is 75.8 Å². The molecule has 2 atom stereocenters. The van der Waals surface area contributed by atoms with E-state index in [0.29, 0.717) is 6.04 Å². The smallest absolute Gasteiger partial charge is 0.514 e. The fourth-order valence-corrected chi connectivity index (χ4v) is 3.87. The van der Waals surface area contributed by atoms with Gasteiger partial charge in [-0.25, -0.2) is 36.1 Å². The number of halogens is 2. The van der Waals surface area contributed by atoms with Crippen LogP contribution in [-0.2, 0) is 4.65 Å². The highest BCUT2D eigenvalue weighted by atomic mass is 79.9. The second-order valence-corrected chi connectivity index (χ2v) is 9.27. The van der Waals surface area contributed by atoms with Crippen LogP contribution in [0.4, 0.5) is 0 Å². The molecule has 1 heterocycles. The van der Waals surface area contributed by atoms with E-state index in [4.69, 9.17) is 4.65 Å². The Morgan fingerprint density at radius 2 is 1.84 bits per heavy atom. The fourth-order valence-electron chi connectivity index (χ4n) is 2.44. The fraction of sp³-hybridized carbons (Fsp3) is 0.462. The predicted molar refractivity (Wildman–Crippen MR) is 87.7 cm³/mol. The maximum Gasteiger partial charge on any atom is 0.514 e. The van der Waals surface area contributed by atoms with Crippen LogP contribution < -0.4 is 0 Å². The molecule has 0 bridgehead atoms. The third kappa shape index (κ3) is 2.62. The summed E-state index contributed by atoms with van der Waals surface area (Å²) in [5.74, 6) is 0.999. The van der Waals surface area contributed by atoms with E-state index < -0.39 is 4.13 Å². The minimum Gasteiger partial charge on any atom is -0.598 e. The molecular weight excluding hydrogens is 371 g/mol. The van der Waals surface area contributed by atoms with Crippen LogP contribution in [0.2, 0.25) is 0 Å². The molecule has 0 radical (unpaired) electrons. The molecule has 0 saturated carbocycles. The van der Waals surface area contributed by atoms with Crippen molar-refractivity contribution in [3.8, 4) is 0 Å². The Morgan fingerprint density at radius 3 is 2.32 bits per heavy atom. The van der Waals surface area contributed by atoms with Gasteiger partial charge in [0.1, 0.15) is 14.1 Å². The molecule has 104 valence electrons. The summed E-state index contributed by atoms with van der Waals surface area (Å²) >= 11 is 7.51. The van der Waals surface area contributed by atoms with Crippen LogP contribution >= 0.6 is 31.5 Å². The number of benzene rings is 1. The maximum absolute atomic E-state index is 6.08. The summed E-state index contributed by atoms with van der Waals surface area (Å²) in [6.45, 7) is 3.11. The van der Waals surface area contributed by atoms with Crippen molar-refractivity contribution >= 4 is 41.5 Å². The molecule has 1 aromatic carbocycles. The first-order chi connectivity index (χ1) is 8.78. The second-order valence-electron chi connectivity index (χ2n) is 5.56. The Bertz CT molecular complexity index is 503. The van der Waals surface area contributed by atoms with Crippen LogP contribution in [-0.4, -0.2) is 46.7 Å². The zero-order valence-corrected chi connectivity index (χ0v) is 15.0. The molecule has 2 rings (SSSR count). The number of hydrogen-bond acceptors (Lipinski definition) is 1. The molecular formula is C13H20BBr2N2O+. The van der Waals surface area contributed by atoms with Gasteiger partial charge in [0.15, 0.2) is 6.54 Å². The van der Waals surface area contributed by atoms with E-state index in [1.54, 1.807) is 0 Å². The van der Waals surface area contributed by atoms with Gasteiger partial charge in [0.25, 0.3) is 0 Å². The Labute approximate surface area is 131 Å². The van der Waals surface area contributed by atoms with Crippen LogP contribution in [0.25, 0.3) is 0 Å². The second kappa shape index (κ2) is 5.22. The first-order valence-corrected chi connectivity index (χ1v) is 8.24. The van der Waals surface area contributed by atoms with Crippen molar-refractivity contribution in [2.45, 2.75) is 13.0 Å². The van der Waals surface area contributed by atoms with Gasteiger partial charge in [-0.3, -0.25) is 0 Å². The third-order valence-corrected chi connectivity index (χ3v) is 6.35. The van der Waals surface area contributed by atoms with E-state index in [-0.39, 0.29) is 0 Å². The maximum atomic E-state index is 6.08. The molecule has 1 aliphatic rings. The number of quaternary nitrogens is 1. The van der Waals surface area contributed by atoms with Gasteiger partial charge in [0.2, 0.25) is 0 Å². The monoisotopic (exact) mass is 389 g/mol. The summed E-state index contributed by atoms with van der Waals surface area (Å²) < 4.78 is 7.58. The van der Waals surface area contributed by atoms with Gasteiger partial charge >= 0.3 is 10.0 Å². The van der Waals surface area contributed by atoms with Crippen molar-refractivity contribution in [1.29, 1.82) is 0 Å². The molecule has 0 aliphatic carbocycles. The molecule has 0 amide bonds. The SMILES string of the molecule is CC(c1ccccc1)[N+]1(C)CC(=[N+](C)C)O[B-]1(Br)Br. The molecule has 6 heteroatoms. The number of rotatable bonds is 2. The lowest BCUT2D eigenvalue weighted by atomic mass is 9.98. The van der Waals surface area contributed by atoms with Gasteiger partial charge in [-0.2, -0.15) is 0 Å². The number of likely N-dealkylation sites (N-methyl/N-ethyl adjacent to an activating group) is 1. The summed E-state index contributed by atoms with van der Waals surface area (Å²) in [6.07, 6.45) is 0. The first-order valence-electron chi connectivity index (χ1n) is 6.40. The number of hydrogen-bond donors (Lipinski definition) is 0. The molecule has 0 N–H and O–H groups in total. The van der Waals surface area contributed by atoms with E-state index in [1.165, 1.54) is 5.56 Å². The van der Waals surface area contributed by atoms with Crippen LogP contribution in [0.1, 0.15) is 18.5 Å². The topological polar surface area (TPSA) is 12.2 Å². The Kier molecular flexibility index (Phi) is 4.14. The largest absolute Gasteiger partial charge is 0.598 e. The summed E-state index contributed by atoms with van der Waals surface area (Å²) in [4.78, 5) is 0. The lowest BCUT2D eigenvalue weighted by Gasteiger charge is -2.48. The highest BCUT2D eigenvalue weighted by Gasteiger charge is 2.55. The zero-order chi connectivity index (χ0) is 14.3. The van der Waals surface area contributed by atoms with Crippen molar-refractivity contribution < 1.29 is 13.6 Å². The normalized spacial score (nSPS) is 26.9. The molecule has 1 aliphatic heterocycles. The minimum atomic E-state index is -1.31. The van der Waals surface area contributed by atoms with Crippen molar-refractivity contribution in [1.82, 2.24) is 0 Å². The lowest BCUT2D eigenvalue weighted by molar-refractivity contribution is -0.827. The molecule has 2 unspecified atom stereocenters. The average molecular weight is 391 g/mol. The van der Waals surface area contributed by atoms with Gasteiger partial charge in [0, 0.05) is 12.6 Å². The highest BCUT2D eigenvalue weighted by molar-refractivity contribution is 9.50. The molecule has 0 spiro atoms. The van der Waals surface area contributed by atoms with Gasteiger partial charge in [-0.1, -0.05) is 30.3 Å². The Balaban J connectivity index is 2.40. The van der Waals surface area contributed by atoms with E-state index in [0.717, 1.165) is 16.8 Å². The quantitative estimate of drug-likeness (QED) is 0.558. The van der Waals surface area contributed by atoms with E-state index in [9.17, 15) is 0 Å². The van der Waals surface area contributed by atoms with E-state index in [1.807, 2.05) is 18.7 Å². The van der Waals surface area contributed by atoms with Crippen LogP contribution in [0.3, 0.4) is 0 Å². The van der Waals surface area contributed by atoms with Crippen molar-refractivity contribution in [2.24, 2.45) is 0 Å². The molecule has 0 aromatic heterocycles. The predicted octanol–water partition coefficient (Wildman–Crippen LogP) is 3.12. The van der Waals surface area contributed by atoms with E-state index >= 15 is 0 Å². The molecule has 1 saturated heterocycles. The summed E-state index contributed by atoms with van der Waals surface area (Å²) in [7, 11) is 6.26. The standard InChI is InChI=1S/C13H20BBr2N2O/c1-11(12-8-6-5-7-9-12)18(4)10-13(17(2)3)19-14(18,15)16/h5-9,11H,10H2,1-4H3/q+1. The van der Waals surface area contributed by atoms with Crippen LogP contribution in [0.15, 0.2) is 30.3 Å². The summed E-state index contributed by atoms with van der Waals surface area (Å²) in [5, 5.41) is 0. The summed E-state index contributed by atoms with van der Waals surface area (Å²) in [5.41, 5.74) is 1.32. The van der Waals surface area contributed by atoms with Crippen LogP contribution in [0.5, 0.6) is 0 Å². The third-order valence-electron chi connectivity index (χ3n) is 4.11. The molecule has 1 fully saturated rings. The van der Waals surface area contributed by atoms with Crippen molar-refractivity contribution in [2.75, 3.05) is 27.7 Å². The minimum absolute atomic E-state index is 0.331.